The number of esters is 1. The molecule has 2 aromatic rings. The van der Waals surface area contributed by atoms with Crippen molar-refractivity contribution in [2.45, 2.75) is 26.5 Å². The van der Waals surface area contributed by atoms with Crippen LogP contribution in [-0.2, 0) is 11.3 Å². The van der Waals surface area contributed by atoms with Gasteiger partial charge in [0, 0.05) is 25.5 Å². The van der Waals surface area contributed by atoms with Crippen LogP contribution in [0.2, 0.25) is 0 Å². The van der Waals surface area contributed by atoms with Gasteiger partial charge in [0.25, 0.3) is 0 Å². The fourth-order valence-corrected chi connectivity index (χ4v) is 2.11. The summed E-state index contributed by atoms with van der Waals surface area (Å²) in [5.41, 5.74) is 0.726. The smallest absolute Gasteiger partial charge is 0.337 e. The van der Waals surface area contributed by atoms with Crippen LogP contribution < -0.4 is 15.4 Å². The number of benzene rings is 1. The first kappa shape index (κ1) is 18.3. The second kappa shape index (κ2) is 8.72. The van der Waals surface area contributed by atoms with E-state index in [0.717, 1.165) is 0 Å². The third-order valence-corrected chi connectivity index (χ3v) is 3.23. The van der Waals surface area contributed by atoms with Gasteiger partial charge in [-0.25, -0.2) is 14.6 Å². The number of hydrogen-bond donors (Lipinski definition) is 2. The van der Waals surface area contributed by atoms with E-state index in [1.165, 1.54) is 13.2 Å². The van der Waals surface area contributed by atoms with Gasteiger partial charge in [0.15, 0.2) is 0 Å². The topological polar surface area (TPSA) is 94.5 Å². The predicted molar refractivity (Wildman–Crippen MR) is 92.8 cm³/mol. The molecule has 134 valence electrons. The number of carbonyl (C=O) groups excluding carboxylic acids is 2. The SMILES string of the molecule is COC(=O)c1ccc(OC(C)C)c(NC(=O)NCCn2ccnc2)c1. The van der Waals surface area contributed by atoms with E-state index in [-0.39, 0.29) is 6.10 Å². The lowest BCUT2D eigenvalue weighted by Gasteiger charge is -2.16. The Balaban J connectivity index is 2.03. The average molecular weight is 346 g/mol. The highest BCUT2D eigenvalue weighted by atomic mass is 16.5. The second-order valence-electron chi connectivity index (χ2n) is 5.55. The van der Waals surface area contributed by atoms with E-state index in [1.807, 2.05) is 24.6 Å². The molecule has 2 amide bonds. The summed E-state index contributed by atoms with van der Waals surface area (Å²) in [4.78, 5) is 27.7. The van der Waals surface area contributed by atoms with Gasteiger partial charge in [-0.15, -0.1) is 0 Å². The van der Waals surface area contributed by atoms with Crippen molar-refractivity contribution in [2.75, 3.05) is 19.0 Å². The number of methoxy groups -OCH3 is 1. The maximum absolute atomic E-state index is 12.1. The van der Waals surface area contributed by atoms with Gasteiger partial charge in [-0.2, -0.15) is 0 Å². The molecule has 8 nitrogen and oxygen atoms in total. The molecule has 2 N–H and O–H groups in total. The van der Waals surface area contributed by atoms with E-state index in [4.69, 9.17) is 9.47 Å². The molecule has 0 saturated heterocycles. The van der Waals surface area contributed by atoms with Gasteiger partial charge in [0.1, 0.15) is 5.75 Å². The van der Waals surface area contributed by atoms with Gasteiger partial charge in [0.2, 0.25) is 0 Å². The largest absolute Gasteiger partial charge is 0.489 e. The van der Waals surface area contributed by atoms with Crippen molar-refractivity contribution in [3.05, 3.63) is 42.5 Å². The fourth-order valence-electron chi connectivity index (χ4n) is 2.11. The molecule has 0 bridgehead atoms. The van der Waals surface area contributed by atoms with E-state index in [1.54, 1.807) is 24.7 Å². The van der Waals surface area contributed by atoms with Crippen LogP contribution >= 0.6 is 0 Å². The summed E-state index contributed by atoms with van der Waals surface area (Å²) in [5, 5.41) is 5.45. The number of hydrogen-bond acceptors (Lipinski definition) is 5. The molecule has 25 heavy (non-hydrogen) atoms. The Morgan fingerprint density at radius 2 is 2.12 bits per heavy atom. The molecule has 0 aliphatic heterocycles. The second-order valence-corrected chi connectivity index (χ2v) is 5.55. The molecular weight excluding hydrogens is 324 g/mol. The van der Waals surface area contributed by atoms with Crippen molar-refractivity contribution >= 4 is 17.7 Å². The molecule has 1 aromatic carbocycles. The minimum Gasteiger partial charge on any atom is -0.489 e. The van der Waals surface area contributed by atoms with E-state index >= 15 is 0 Å². The fraction of sp³-hybridized carbons (Fsp3) is 0.353. The Hall–Kier alpha value is -3.03. The Bertz CT molecular complexity index is 713. The summed E-state index contributed by atoms with van der Waals surface area (Å²) >= 11 is 0. The summed E-state index contributed by atoms with van der Waals surface area (Å²) in [5.74, 6) is -0.00734. The van der Waals surface area contributed by atoms with Crippen LogP contribution in [-0.4, -0.2) is 41.3 Å². The van der Waals surface area contributed by atoms with Gasteiger partial charge < -0.3 is 24.7 Å². The van der Waals surface area contributed by atoms with E-state index in [9.17, 15) is 9.59 Å². The first-order valence-electron chi connectivity index (χ1n) is 7.89. The van der Waals surface area contributed by atoms with Crippen LogP contribution in [0.15, 0.2) is 36.9 Å². The van der Waals surface area contributed by atoms with E-state index in [0.29, 0.717) is 30.1 Å². The normalized spacial score (nSPS) is 10.4. The lowest BCUT2D eigenvalue weighted by atomic mass is 10.2. The monoisotopic (exact) mass is 346 g/mol. The summed E-state index contributed by atoms with van der Waals surface area (Å²) in [6, 6.07) is 4.36. The number of carbonyl (C=O) groups is 2. The maximum Gasteiger partial charge on any atom is 0.337 e. The van der Waals surface area contributed by atoms with Gasteiger partial charge >= 0.3 is 12.0 Å². The number of rotatable bonds is 7. The number of amides is 2. The Kier molecular flexibility index (Phi) is 6.39. The molecule has 0 atom stereocenters. The zero-order valence-corrected chi connectivity index (χ0v) is 14.5. The Morgan fingerprint density at radius 3 is 2.76 bits per heavy atom. The molecule has 1 aromatic heterocycles. The molecule has 0 aliphatic carbocycles. The quantitative estimate of drug-likeness (QED) is 0.750. The molecule has 2 rings (SSSR count). The lowest BCUT2D eigenvalue weighted by molar-refractivity contribution is 0.0600. The molecule has 1 heterocycles. The first-order valence-corrected chi connectivity index (χ1v) is 7.89. The number of ether oxygens (including phenoxy) is 2. The summed E-state index contributed by atoms with van der Waals surface area (Å²) < 4.78 is 12.2. The zero-order chi connectivity index (χ0) is 18.2. The number of aromatic nitrogens is 2. The Morgan fingerprint density at radius 1 is 1.32 bits per heavy atom. The first-order chi connectivity index (χ1) is 12.0. The summed E-state index contributed by atoms with van der Waals surface area (Å²) in [6.07, 6.45) is 5.09. The van der Waals surface area contributed by atoms with Gasteiger partial charge in [0.05, 0.1) is 30.8 Å². The molecule has 0 saturated carbocycles. The van der Waals surface area contributed by atoms with Crippen molar-refractivity contribution in [1.82, 2.24) is 14.9 Å². The number of imidazole rings is 1. The minimum atomic E-state index is -0.486. The van der Waals surface area contributed by atoms with Crippen molar-refractivity contribution < 1.29 is 19.1 Å². The summed E-state index contributed by atoms with van der Waals surface area (Å²) in [6.45, 7) is 4.79. The molecule has 8 heteroatoms. The zero-order valence-electron chi connectivity index (χ0n) is 14.5. The molecule has 0 unspecified atom stereocenters. The lowest BCUT2D eigenvalue weighted by Crippen LogP contribution is -2.31. The third-order valence-electron chi connectivity index (χ3n) is 3.23. The Labute approximate surface area is 146 Å². The number of nitrogens with zero attached hydrogens (tertiary/aromatic N) is 2. The third kappa shape index (κ3) is 5.52. The average Bonchev–Trinajstić information content (AvgIpc) is 3.08. The number of nitrogens with one attached hydrogen (secondary N) is 2. The standard InChI is InChI=1S/C17H22N4O4/c1-12(2)25-15-5-4-13(16(22)24-3)10-14(15)20-17(23)19-7-9-21-8-6-18-11-21/h4-6,8,10-12H,7,9H2,1-3H3,(H2,19,20,23). The number of anilines is 1. The van der Waals surface area contributed by atoms with Crippen molar-refractivity contribution in [3.63, 3.8) is 0 Å². The van der Waals surface area contributed by atoms with Crippen LogP contribution in [0.5, 0.6) is 5.75 Å². The molecule has 0 fully saturated rings. The van der Waals surface area contributed by atoms with Gasteiger partial charge in [-0.1, -0.05) is 0 Å². The maximum atomic E-state index is 12.1. The number of urea groups is 1. The van der Waals surface area contributed by atoms with Gasteiger partial charge in [-0.3, -0.25) is 0 Å². The van der Waals surface area contributed by atoms with Crippen molar-refractivity contribution in [2.24, 2.45) is 0 Å². The predicted octanol–water partition coefficient (Wildman–Crippen LogP) is 2.28. The minimum absolute atomic E-state index is 0.0752. The van der Waals surface area contributed by atoms with Crippen LogP contribution in [0, 0.1) is 0 Å². The molecule has 0 spiro atoms. The van der Waals surface area contributed by atoms with Gasteiger partial charge in [-0.05, 0) is 32.0 Å². The van der Waals surface area contributed by atoms with Crippen LogP contribution in [0.1, 0.15) is 24.2 Å². The molecule has 0 radical (unpaired) electrons. The van der Waals surface area contributed by atoms with Crippen LogP contribution in [0.3, 0.4) is 0 Å². The molecule has 0 aliphatic rings. The van der Waals surface area contributed by atoms with E-state index in [2.05, 4.69) is 15.6 Å². The van der Waals surface area contributed by atoms with Crippen LogP contribution in [0.4, 0.5) is 10.5 Å². The highest BCUT2D eigenvalue weighted by molar-refractivity contribution is 5.95. The highest BCUT2D eigenvalue weighted by Gasteiger charge is 2.14. The van der Waals surface area contributed by atoms with Crippen molar-refractivity contribution in [3.8, 4) is 5.75 Å². The van der Waals surface area contributed by atoms with Crippen molar-refractivity contribution in [1.29, 1.82) is 0 Å². The van der Waals surface area contributed by atoms with Crippen LogP contribution in [0.25, 0.3) is 0 Å². The summed E-state index contributed by atoms with van der Waals surface area (Å²) in [7, 11) is 1.30. The molecular formula is C17H22N4O4. The van der Waals surface area contributed by atoms with E-state index < -0.39 is 12.0 Å². The highest BCUT2D eigenvalue weighted by Crippen LogP contribution is 2.27.